The Morgan fingerprint density at radius 1 is 1.36 bits per heavy atom. The van der Waals surface area contributed by atoms with Gasteiger partial charge in [0.05, 0.1) is 23.9 Å². The number of nitrogens with zero attached hydrogens (tertiary/aromatic N) is 3. The summed E-state index contributed by atoms with van der Waals surface area (Å²) in [6.07, 6.45) is -0.742. The predicted molar refractivity (Wildman–Crippen MR) is 70.3 cm³/mol. The molecule has 0 aromatic carbocycles. The molecule has 2 heterocycles. The number of carbonyl (C=O) groups excluding carboxylic acids is 1. The van der Waals surface area contributed by atoms with Crippen LogP contribution in [0, 0.1) is 0 Å². The monoisotopic (exact) mass is 314 g/mol. The summed E-state index contributed by atoms with van der Waals surface area (Å²) in [7, 11) is 1.69. The zero-order valence-corrected chi connectivity index (χ0v) is 11.6. The minimum absolute atomic E-state index is 0.0589. The summed E-state index contributed by atoms with van der Waals surface area (Å²) in [6.45, 7) is 0.279. The van der Waals surface area contributed by atoms with Crippen molar-refractivity contribution in [3.8, 4) is 5.88 Å². The first-order valence-electron chi connectivity index (χ1n) is 6.29. The van der Waals surface area contributed by atoms with Gasteiger partial charge in [-0.1, -0.05) is 0 Å². The minimum atomic E-state index is -4.43. The maximum absolute atomic E-state index is 12.3. The van der Waals surface area contributed by atoms with Gasteiger partial charge in [-0.3, -0.25) is 9.48 Å². The van der Waals surface area contributed by atoms with Gasteiger partial charge in [0.15, 0.2) is 0 Å². The average Bonchev–Trinajstić information content (AvgIpc) is 2.89. The second kappa shape index (κ2) is 6.46. The van der Waals surface area contributed by atoms with Crippen molar-refractivity contribution in [3.63, 3.8) is 0 Å². The lowest BCUT2D eigenvalue weighted by Crippen LogP contribution is -2.27. The molecule has 1 N–H and O–H groups in total. The van der Waals surface area contributed by atoms with E-state index >= 15 is 0 Å². The molecule has 0 aliphatic rings. The van der Waals surface area contributed by atoms with Gasteiger partial charge in [0, 0.05) is 25.5 Å². The van der Waals surface area contributed by atoms with Crippen LogP contribution in [-0.2, 0) is 13.2 Å². The van der Waals surface area contributed by atoms with Crippen LogP contribution in [0.2, 0.25) is 0 Å². The van der Waals surface area contributed by atoms with Gasteiger partial charge >= 0.3 is 6.18 Å². The van der Waals surface area contributed by atoms with Crippen LogP contribution >= 0.6 is 0 Å². The predicted octanol–water partition coefficient (Wildman–Crippen LogP) is 1.64. The lowest BCUT2D eigenvalue weighted by Gasteiger charge is -2.08. The van der Waals surface area contributed by atoms with Gasteiger partial charge in [0.2, 0.25) is 5.88 Å². The lowest BCUT2D eigenvalue weighted by molar-refractivity contribution is -0.137. The van der Waals surface area contributed by atoms with Gasteiger partial charge in [-0.15, -0.1) is 0 Å². The number of hydrogen-bond donors (Lipinski definition) is 1. The molecular weight excluding hydrogens is 301 g/mol. The highest BCUT2D eigenvalue weighted by atomic mass is 19.4. The molecule has 1 amide bonds. The van der Waals surface area contributed by atoms with E-state index in [1.165, 1.54) is 10.9 Å². The molecule has 0 fully saturated rings. The van der Waals surface area contributed by atoms with Crippen molar-refractivity contribution >= 4 is 5.91 Å². The summed E-state index contributed by atoms with van der Waals surface area (Å²) in [4.78, 5) is 15.2. The Balaban J connectivity index is 1.76. The van der Waals surface area contributed by atoms with Gasteiger partial charge < -0.3 is 10.1 Å². The van der Waals surface area contributed by atoms with Crippen LogP contribution in [0.25, 0.3) is 0 Å². The number of halogens is 3. The van der Waals surface area contributed by atoms with E-state index in [2.05, 4.69) is 15.4 Å². The van der Waals surface area contributed by atoms with Crippen molar-refractivity contribution in [1.82, 2.24) is 20.1 Å². The van der Waals surface area contributed by atoms with Gasteiger partial charge in [0.1, 0.15) is 6.61 Å². The van der Waals surface area contributed by atoms with Crippen molar-refractivity contribution in [1.29, 1.82) is 0 Å². The van der Waals surface area contributed by atoms with Gasteiger partial charge in [-0.2, -0.15) is 18.3 Å². The van der Waals surface area contributed by atoms with Gasteiger partial charge in [0.25, 0.3) is 5.91 Å². The lowest BCUT2D eigenvalue weighted by atomic mass is 10.3. The van der Waals surface area contributed by atoms with E-state index in [9.17, 15) is 18.0 Å². The van der Waals surface area contributed by atoms with Crippen LogP contribution < -0.4 is 10.1 Å². The third-order valence-corrected chi connectivity index (χ3v) is 2.67. The Bertz CT molecular complexity index is 637. The molecule has 0 atom stereocenters. The first-order chi connectivity index (χ1) is 10.4. The summed E-state index contributed by atoms with van der Waals surface area (Å²) in [5, 5.41) is 6.46. The first-order valence-corrected chi connectivity index (χ1v) is 6.29. The molecule has 2 aromatic heterocycles. The zero-order chi connectivity index (χ0) is 16.2. The van der Waals surface area contributed by atoms with E-state index in [1.807, 2.05) is 0 Å². The molecule has 0 saturated carbocycles. The molecule has 0 aliphatic heterocycles. The summed E-state index contributed by atoms with van der Waals surface area (Å²) in [5.41, 5.74) is -0.431. The zero-order valence-electron chi connectivity index (χ0n) is 11.6. The standard InChI is InChI=1S/C13H13F3N4O2/c1-20-8-9(6-19-20)12(21)17-4-5-22-11-3-2-10(7-18-11)13(14,15)16/h2-3,6-8H,4-5H2,1H3,(H,17,21). The molecule has 0 spiro atoms. The van der Waals surface area contributed by atoms with Crippen LogP contribution in [0.4, 0.5) is 13.2 Å². The van der Waals surface area contributed by atoms with E-state index in [-0.39, 0.29) is 24.9 Å². The molecule has 0 bridgehead atoms. The maximum atomic E-state index is 12.3. The molecule has 0 unspecified atom stereocenters. The minimum Gasteiger partial charge on any atom is -0.476 e. The molecule has 2 rings (SSSR count). The summed E-state index contributed by atoms with van der Waals surface area (Å²) in [5.74, 6) is -0.249. The quantitative estimate of drug-likeness (QED) is 0.852. The number of ether oxygens (including phenoxy) is 1. The Morgan fingerprint density at radius 3 is 2.68 bits per heavy atom. The van der Waals surface area contributed by atoms with Crippen LogP contribution in [-0.4, -0.2) is 33.8 Å². The fourth-order valence-corrected chi connectivity index (χ4v) is 1.59. The summed E-state index contributed by atoms with van der Waals surface area (Å²) >= 11 is 0. The number of carbonyl (C=O) groups is 1. The number of amides is 1. The fourth-order valence-electron chi connectivity index (χ4n) is 1.59. The van der Waals surface area contributed by atoms with Gasteiger partial charge in [-0.05, 0) is 6.07 Å². The second-order valence-electron chi connectivity index (χ2n) is 4.39. The summed E-state index contributed by atoms with van der Waals surface area (Å²) < 4.78 is 43.7. The smallest absolute Gasteiger partial charge is 0.417 e. The van der Waals surface area contributed by atoms with E-state index in [0.717, 1.165) is 12.1 Å². The number of hydrogen-bond acceptors (Lipinski definition) is 4. The highest BCUT2D eigenvalue weighted by Gasteiger charge is 2.30. The molecule has 118 valence electrons. The van der Waals surface area contributed by atoms with Crippen molar-refractivity contribution in [2.75, 3.05) is 13.2 Å². The van der Waals surface area contributed by atoms with Gasteiger partial charge in [-0.25, -0.2) is 4.98 Å². The molecule has 6 nitrogen and oxygen atoms in total. The largest absolute Gasteiger partial charge is 0.476 e. The highest BCUT2D eigenvalue weighted by Crippen LogP contribution is 2.29. The molecular formula is C13H13F3N4O2. The Hall–Kier alpha value is -2.58. The van der Waals surface area contributed by atoms with Crippen LogP contribution in [0.3, 0.4) is 0 Å². The molecule has 0 aliphatic carbocycles. The number of alkyl halides is 3. The maximum Gasteiger partial charge on any atom is 0.417 e. The third kappa shape index (κ3) is 4.21. The van der Waals surface area contributed by atoms with Crippen LogP contribution in [0.1, 0.15) is 15.9 Å². The Morgan fingerprint density at radius 2 is 2.14 bits per heavy atom. The Kier molecular flexibility index (Phi) is 4.64. The molecule has 0 radical (unpaired) electrons. The third-order valence-electron chi connectivity index (χ3n) is 2.67. The SMILES string of the molecule is Cn1cc(C(=O)NCCOc2ccc(C(F)(F)F)cn2)cn1. The van der Waals surface area contributed by atoms with Crippen molar-refractivity contribution in [3.05, 3.63) is 41.9 Å². The number of rotatable bonds is 5. The van der Waals surface area contributed by atoms with Crippen molar-refractivity contribution in [2.24, 2.45) is 7.05 Å². The fraction of sp³-hybridized carbons (Fsp3) is 0.308. The van der Waals surface area contributed by atoms with Crippen LogP contribution in [0.15, 0.2) is 30.7 Å². The highest BCUT2D eigenvalue weighted by molar-refractivity contribution is 5.93. The molecule has 22 heavy (non-hydrogen) atoms. The molecule has 9 heteroatoms. The molecule has 0 saturated heterocycles. The molecule has 2 aromatic rings. The topological polar surface area (TPSA) is 69.0 Å². The van der Waals surface area contributed by atoms with E-state index in [0.29, 0.717) is 11.8 Å². The summed E-state index contributed by atoms with van der Waals surface area (Å²) in [6, 6.07) is 2.02. The number of nitrogens with one attached hydrogen (secondary N) is 1. The van der Waals surface area contributed by atoms with E-state index < -0.39 is 11.7 Å². The number of aryl methyl sites for hydroxylation is 1. The van der Waals surface area contributed by atoms with Crippen molar-refractivity contribution < 1.29 is 22.7 Å². The van der Waals surface area contributed by atoms with Crippen molar-refractivity contribution in [2.45, 2.75) is 6.18 Å². The van der Waals surface area contributed by atoms with E-state index in [1.54, 1.807) is 13.2 Å². The van der Waals surface area contributed by atoms with E-state index in [4.69, 9.17) is 4.74 Å². The normalized spacial score (nSPS) is 11.3. The van der Waals surface area contributed by atoms with Crippen LogP contribution in [0.5, 0.6) is 5.88 Å². The first kappa shape index (κ1) is 15.8. The second-order valence-corrected chi connectivity index (χ2v) is 4.39. The number of pyridine rings is 1. The number of aromatic nitrogens is 3. The average molecular weight is 314 g/mol. The Labute approximate surface area is 123 Å².